The van der Waals surface area contributed by atoms with Crippen molar-refractivity contribution in [2.45, 2.75) is 19.9 Å². The highest BCUT2D eigenvalue weighted by atomic mass is 19.1. The van der Waals surface area contributed by atoms with E-state index in [1.54, 1.807) is 25.5 Å². The summed E-state index contributed by atoms with van der Waals surface area (Å²) in [6.07, 6.45) is 5.43. The van der Waals surface area contributed by atoms with Crippen LogP contribution >= 0.6 is 0 Å². The van der Waals surface area contributed by atoms with Gasteiger partial charge >= 0.3 is 0 Å². The van der Waals surface area contributed by atoms with E-state index < -0.39 is 0 Å². The maximum Gasteiger partial charge on any atom is 0.224 e. The highest BCUT2D eigenvalue weighted by Gasteiger charge is 2.17. The van der Waals surface area contributed by atoms with Gasteiger partial charge in [-0.1, -0.05) is 19.1 Å². The van der Waals surface area contributed by atoms with Gasteiger partial charge in [-0.3, -0.25) is 14.9 Å². The first kappa shape index (κ1) is 24.4. The number of anilines is 1. The van der Waals surface area contributed by atoms with Crippen LogP contribution in [0.3, 0.4) is 0 Å². The van der Waals surface area contributed by atoms with Gasteiger partial charge in [-0.25, -0.2) is 14.4 Å². The molecule has 0 aliphatic rings. The van der Waals surface area contributed by atoms with E-state index in [-0.39, 0.29) is 11.7 Å². The zero-order valence-corrected chi connectivity index (χ0v) is 21.3. The molecular formula is C29H25FN8O. The molecule has 0 aliphatic heterocycles. The number of amides is 1. The summed E-state index contributed by atoms with van der Waals surface area (Å²) in [6.45, 7) is 2.36. The van der Waals surface area contributed by atoms with Crippen molar-refractivity contribution in [3.8, 4) is 33.8 Å². The van der Waals surface area contributed by atoms with Crippen LogP contribution in [0.25, 0.3) is 55.8 Å². The highest BCUT2D eigenvalue weighted by molar-refractivity contribution is 5.97. The van der Waals surface area contributed by atoms with Crippen LogP contribution in [-0.2, 0) is 11.3 Å². The van der Waals surface area contributed by atoms with Crippen LogP contribution in [0.1, 0.15) is 18.9 Å². The second kappa shape index (κ2) is 10.1. The zero-order chi connectivity index (χ0) is 26.9. The van der Waals surface area contributed by atoms with Gasteiger partial charge in [-0.2, -0.15) is 5.10 Å². The minimum Gasteiger partial charge on any atom is -0.337 e. The van der Waals surface area contributed by atoms with E-state index in [9.17, 15) is 9.18 Å². The third-order valence-electron chi connectivity index (χ3n) is 6.49. The summed E-state index contributed by atoms with van der Waals surface area (Å²) in [5.74, 6) is 0.213. The normalized spacial score (nSPS) is 11.4. The number of nitrogens with one attached hydrogen (secondary N) is 4. The number of aromatic amines is 2. The summed E-state index contributed by atoms with van der Waals surface area (Å²) in [7, 11) is 1.83. The summed E-state index contributed by atoms with van der Waals surface area (Å²) in [4.78, 5) is 28.9. The Morgan fingerprint density at radius 2 is 1.90 bits per heavy atom. The van der Waals surface area contributed by atoms with E-state index in [1.807, 2.05) is 43.4 Å². The Morgan fingerprint density at radius 3 is 2.74 bits per heavy atom. The van der Waals surface area contributed by atoms with Crippen molar-refractivity contribution >= 4 is 33.7 Å². The van der Waals surface area contributed by atoms with Gasteiger partial charge in [0.2, 0.25) is 5.91 Å². The molecule has 9 nitrogen and oxygen atoms in total. The molecule has 0 fully saturated rings. The summed E-state index contributed by atoms with van der Waals surface area (Å²) < 4.78 is 14.4. The van der Waals surface area contributed by atoms with Gasteiger partial charge in [0.15, 0.2) is 11.5 Å². The molecule has 10 heteroatoms. The number of para-hydroxylation sites is 1. The van der Waals surface area contributed by atoms with Crippen molar-refractivity contribution < 1.29 is 9.18 Å². The molecule has 194 valence electrons. The van der Waals surface area contributed by atoms with Crippen LogP contribution in [0.2, 0.25) is 0 Å². The van der Waals surface area contributed by atoms with Crippen LogP contribution in [0.4, 0.5) is 10.1 Å². The third kappa shape index (κ3) is 4.73. The molecule has 0 bridgehead atoms. The van der Waals surface area contributed by atoms with Gasteiger partial charge in [0.1, 0.15) is 11.5 Å². The number of hydrogen-bond donors (Lipinski definition) is 4. The van der Waals surface area contributed by atoms with Gasteiger partial charge in [0.25, 0.3) is 0 Å². The fourth-order valence-corrected chi connectivity index (χ4v) is 4.65. The van der Waals surface area contributed by atoms with Crippen LogP contribution in [0.5, 0.6) is 0 Å². The number of aromatic nitrogens is 6. The monoisotopic (exact) mass is 520 g/mol. The van der Waals surface area contributed by atoms with Crippen LogP contribution in [0, 0.1) is 5.82 Å². The number of rotatable bonds is 7. The molecule has 4 aromatic heterocycles. The van der Waals surface area contributed by atoms with E-state index in [2.05, 4.69) is 35.8 Å². The lowest BCUT2D eigenvalue weighted by Crippen LogP contribution is -2.09. The second-order valence-corrected chi connectivity index (χ2v) is 9.22. The Kier molecular flexibility index (Phi) is 6.29. The molecule has 6 aromatic rings. The van der Waals surface area contributed by atoms with Gasteiger partial charge < -0.3 is 15.6 Å². The van der Waals surface area contributed by atoms with Crippen LogP contribution in [-0.4, -0.2) is 43.1 Å². The summed E-state index contributed by atoms with van der Waals surface area (Å²) in [5.41, 5.74) is 7.44. The number of pyridine rings is 2. The third-order valence-corrected chi connectivity index (χ3v) is 6.49. The van der Waals surface area contributed by atoms with E-state index in [0.717, 1.165) is 44.2 Å². The first-order valence-electron chi connectivity index (χ1n) is 12.6. The SMILES string of the molecule is CCC(=O)Nc1cncc(-c2cnc3n[nH]c(-c4nc5c(-c6cc(F)cc(CNC)c6)cccc5[nH]4)c3c2)c1. The number of benzene rings is 2. The number of imidazole rings is 1. The predicted molar refractivity (Wildman–Crippen MR) is 149 cm³/mol. The van der Waals surface area contributed by atoms with Crippen molar-refractivity contribution in [3.05, 3.63) is 78.5 Å². The molecule has 4 heterocycles. The number of carbonyl (C=O) groups excluding carboxylic acids is 1. The first-order chi connectivity index (χ1) is 19.0. The van der Waals surface area contributed by atoms with Gasteiger partial charge in [-0.05, 0) is 54.6 Å². The van der Waals surface area contributed by atoms with Crippen LogP contribution < -0.4 is 10.6 Å². The van der Waals surface area contributed by atoms with Crippen molar-refractivity contribution in [2.24, 2.45) is 0 Å². The average Bonchev–Trinajstić information content (AvgIpc) is 3.56. The Labute approximate surface area is 222 Å². The number of hydrogen-bond acceptors (Lipinski definition) is 6. The number of nitrogens with zero attached hydrogens (tertiary/aromatic N) is 4. The van der Waals surface area contributed by atoms with Crippen LogP contribution in [0.15, 0.2) is 67.1 Å². The fraction of sp³-hybridized carbons (Fsp3) is 0.138. The minimum absolute atomic E-state index is 0.0830. The summed E-state index contributed by atoms with van der Waals surface area (Å²) >= 11 is 0. The molecule has 0 spiro atoms. The first-order valence-corrected chi connectivity index (χ1v) is 12.6. The molecule has 6 rings (SSSR count). The number of H-pyrrole nitrogens is 2. The largest absolute Gasteiger partial charge is 0.337 e. The molecule has 0 unspecified atom stereocenters. The maximum atomic E-state index is 14.4. The zero-order valence-electron chi connectivity index (χ0n) is 21.3. The molecule has 4 N–H and O–H groups in total. The molecule has 0 aliphatic carbocycles. The maximum absolute atomic E-state index is 14.4. The summed E-state index contributed by atoms with van der Waals surface area (Å²) in [5, 5.41) is 14.1. The Morgan fingerprint density at radius 1 is 1.03 bits per heavy atom. The molecule has 0 saturated heterocycles. The van der Waals surface area contributed by atoms with Crippen molar-refractivity contribution in [1.82, 2.24) is 35.5 Å². The standard InChI is InChI=1S/C29H25FN8O/c1-3-25(39)34-21-10-18(13-32-15-21)19-11-23-27(37-38-28(23)33-14-19)29-35-24-6-4-5-22(26(24)36-29)17-7-16(12-31-2)8-20(30)9-17/h4-11,13-15,31H,3,12H2,1-2H3,(H,34,39)(H,35,36)(H,33,37,38). The molecular weight excluding hydrogens is 495 g/mol. The van der Waals surface area contributed by atoms with Gasteiger partial charge in [-0.15, -0.1) is 0 Å². The highest BCUT2D eigenvalue weighted by Crippen LogP contribution is 2.33. The number of halogens is 1. The predicted octanol–water partition coefficient (Wildman–Crippen LogP) is 5.44. The number of fused-ring (bicyclic) bond motifs is 2. The quantitative estimate of drug-likeness (QED) is 0.222. The number of carbonyl (C=O) groups is 1. The van der Waals surface area contributed by atoms with Crippen molar-refractivity contribution in [2.75, 3.05) is 12.4 Å². The topological polar surface area (TPSA) is 124 Å². The lowest BCUT2D eigenvalue weighted by atomic mass is 10.0. The van der Waals surface area contributed by atoms with E-state index in [1.165, 1.54) is 12.1 Å². The Hall–Kier alpha value is -4.96. The van der Waals surface area contributed by atoms with E-state index in [4.69, 9.17) is 4.98 Å². The van der Waals surface area contributed by atoms with Crippen molar-refractivity contribution in [3.63, 3.8) is 0 Å². The minimum atomic E-state index is -0.295. The molecule has 39 heavy (non-hydrogen) atoms. The lowest BCUT2D eigenvalue weighted by molar-refractivity contribution is -0.115. The average molecular weight is 521 g/mol. The Balaban J connectivity index is 1.42. The molecule has 0 saturated carbocycles. The molecule has 1 amide bonds. The Bertz CT molecular complexity index is 1840. The molecule has 0 atom stereocenters. The smallest absolute Gasteiger partial charge is 0.224 e. The fourth-order valence-electron chi connectivity index (χ4n) is 4.65. The second-order valence-electron chi connectivity index (χ2n) is 9.22. The van der Waals surface area contributed by atoms with Gasteiger partial charge in [0.05, 0.1) is 28.3 Å². The van der Waals surface area contributed by atoms with E-state index >= 15 is 0 Å². The lowest BCUT2D eigenvalue weighted by Gasteiger charge is -2.07. The van der Waals surface area contributed by atoms with Crippen molar-refractivity contribution in [1.29, 1.82) is 0 Å². The molecule has 2 aromatic carbocycles. The molecule has 0 radical (unpaired) electrons. The van der Waals surface area contributed by atoms with Gasteiger partial charge in [0, 0.05) is 42.0 Å². The van der Waals surface area contributed by atoms with E-state index in [0.29, 0.717) is 35.8 Å². The summed E-state index contributed by atoms with van der Waals surface area (Å²) in [6, 6.07) is 14.6.